The van der Waals surface area contributed by atoms with Crippen molar-refractivity contribution < 1.29 is 4.79 Å². The van der Waals surface area contributed by atoms with E-state index in [0.29, 0.717) is 0 Å². The molecule has 15 heavy (non-hydrogen) atoms. The fourth-order valence-corrected chi connectivity index (χ4v) is 1.44. The van der Waals surface area contributed by atoms with Crippen LogP contribution in [0.1, 0.15) is 52.0 Å². The zero-order valence-electron chi connectivity index (χ0n) is 10.3. The maximum absolute atomic E-state index is 11.2. The van der Waals surface area contributed by atoms with E-state index in [4.69, 9.17) is 0 Å². The molecule has 0 radical (unpaired) electrons. The average Bonchev–Trinajstić information content (AvgIpc) is 2.21. The Morgan fingerprint density at radius 3 is 1.93 bits per heavy atom. The molecule has 0 aliphatic carbocycles. The lowest BCUT2D eigenvalue weighted by molar-refractivity contribution is -0.118. The molecule has 84 valence electrons. The molecular weight excluding hydrogens is 184 g/mol. The molecule has 0 spiro atoms. The second-order valence-electron chi connectivity index (χ2n) is 3.69. The number of carbonyl (C=O) groups excluding carboxylic acids is 1. The van der Waals surface area contributed by atoms with Gasteiger partial charge in [-0.3, -0.25) is 4.79 Å². The Bertz CT molecular complexity index is 264. The van der Waals surface area contributed by atoms with Gasteiger partial charge in [0.05, 0.1) is 0 Å². The van der Waals surface area contributed by atoms with E-state index in [2.05, 4.69) is 13.8 Å². The molecule has 0 heterocycles. The molecule has 1 unspecified atom stereocenters. The third kappa shape index (κ3) is 5.36. The van der Waals surface area contributed by atoms with Gasteiger partial charge in [-0.2, -0.15) is 0 Å². The topological polar surface area (TPSA) is 17.1 Å². The normalized spacial score (nSPS) is 11.2. The molecule has 1 heteroatoms. The number of rotatable bonds is 3. The molecule has 0 N–H and O–H groups in total. The van der Waals surface area contributed by atoms with Gasteiger partial charge in [0.25, 0.3) is 0 Å². The predicted octanol–water partition coefficient (Wildman–Crippen LogP) is 4.19. The van der Waals surface area contributed by atoms with Gasteiger partial charge in [0.2, 0.25) is 0 Å². The third-order valence-electron chi connectivity index (χ3n) is 2.10. The number of ketones is 1. The van der Waals surface area contributed by atoms with Gasteiger partial charge in [-0.1, -0.05) is 57.5 Å². The highest BCUT2D eigenvalue weighted by Crippen LogP contribution is 2.19. The summed E-state index contributed by atoms with van der Waals surface area (Å²) in [5.74, 6) is 0.342. The number of carbonyl (C=O) groups is 1. The van der Waals surface area contributed by atoms with Gasteiger partial charge in [0.1, 0.15) is 5.78 Å². The Hall–Kier alpha value is -1.11. The smallest absolute Gasteiger partial charge is 0.137 e. The average molecular weight is 206 g/mol. The second-order valence-corrected chi connectivity index (χ2v) is 3.69. The molecule has 0 aliphatic rings. The quantitative estimate of drug-likeness (QED) is 0.725. The summed E-state index contributed by atoms with van der Waals surface area (Å²) >= 11 is 0. The summed E-state index contributed by atoms with van der Waals surface area (Å²) in [6.45, 7) is 7.94. The first kappa shape index (κ1) is 13.9. The fourth-order valence-electron chi connectivity index (χ4n) is 1.44. The van der Waals surface area contributed by atoms with E-state index in [-0.39, 0.29) is 11.7 Å². The highest BCUT2D eigenvalue weighted by molar-refractivity contribution is 5.83. The number of Topliss-reactive ketones (excluding diaryl/α,β-unsaturated/α-hetero) is 1. The molecule has 0 saturated heterocycles. The van der Waals surface area contributed by atoms with Crippen LogP contribution in [0.5, 0.6) is 0 Å². The van der Waals surface area contributed by atoms with Crippen LogP contribution < -0.4 is 0 Å². The molecule has 1 atom stereocenters. The van der Waals surface area contributed by atoms with Crippen LogP contribution in [0, 0.1) is 0 Å². The second kappa shape index (κ2) is 8.22. The van der Waals surface area contributed by atoms with E-state index in [1.54, 1.807) is 6.92 Å². The van der Waals surface area contributed by atoms with Crippen molar-refractivity contribution in [3.8, 4) is 0 Å². The van der Waals surface area contributed by atoms with Crippen LogP contribution in [0.4, 0.5) is 0 Å². The summed E-state index contributed by atoms with van der Waals surface area (Å²) in [6.07, 6.45) is 2.14. The highest BCUT2D eigenvalue weighted by atomic mass is 16.1. The number of hydrogen-bond acceptors (Lipinski definition) is 1. The molecule has 1 aromatic carbocycles. The van der Waals surface area contributed by atoms with Crippen molar-refractivity contribution in [3.63, 3.8) is 0 Å². The van der Waals surface area contributed by atoms with Crippen LogP contribution in [0.15, 0.2) is 30.3 Å². The maximum Gasteiger partial charge on any atom is 0.137 e. The van der Waals surface area contributed by atoms with E-state index in [1.165, 1.54) is 6.42 Å². The maximum atomic E-state index is 11.2. The van der Waals surface area contributed by atoms with Crippen LogP contribution in [0.2, 0.25) is 0 Å². The first-order valence-corrected chi connectivity index (χ1v) is 5.72. The molecule has 1 rings (SSSR count). The lowest BCUT2D eigenvalue weighted by atomic mass is 9.93. The van der Waals surface area contributed by atoms with E-state index in [0.717, 1.165) is 12.0 Å². The van der Waals surface area contributed by atoms with Gasteiger partial charge in [0.15, 0.2) is 0 Å². The summed E-state index contributed by atoms with van der Waals surface area (Å²) in [5, 5.41) is 0. The predicted molar refractivity (Wildman–Crippen MR) is 66.1 cm³/mol. The van der Waals surface area contributed by atoms with Crippen LogP contribution in [-0.4, -0.2) is 5.78 Å². The molecular formula is C14H22O. The zero-order chi connectivity index (χ0) is 11.7. The molecule has 1 nitrogen and oxygen atoms in total. The fraction of sp³-hybridized carbons (Fsp3) is 0.500. The van der Waals surface area contributed by atoms with Gasteiger partial charge in [-0.05, 0) is 18.9 Å². The number of benzene rings is 1. The lowest BCUT2D eigenvalue weighted by Crippen LogP contribution is -2.06. The zero-order valence-corrected chi connectivity index (χ0v) is 10.3. The van der Waals surface area contributed by atoms with Gasteiger partial charge in [-0.25, -0.2) is 0 Å². The lowest BCUT2D eigenvalue weighted by Gasteiger charge is -2.10. The monoisotopic (exact) mass is 206 g/mol. The Labute approximate surface area is 93.5 Å². The molecule has 0 saturated carbocycles. The molecule has 1 aromatic rings. The van der Waals surface area contributed by atoms with Crippen LogP contribution in [0.3, 0.4) is 0 Å². The van der Waals surface area contributed by atoms with Gasteiger partial charge < -0.3 is 0 Å². The minimum atomic E-state index is 0.0891. The molecule has 0 bridgehead atoms. The first-order valence-electron chi connectivity index (χ1n) is 5.72. The molecule has 0 amide bonds. The van der Waals surface area contributed by atoms with E-state index in [1.807, 2.05) is 37.3 Å². The van der Waals surface area contributed by atoms with Gasteiger partial charge in [0, 0.05) is 5.92 Å². The van der Waals surface area contributed by atoms with E-state index < -0.39 is 0 Å². The number of hydrogen-bond donors (Lipinski definition) is 0. The van der Waals surface area contributed by atoms with Crippen molar-refractivity contribution in [3.05, 3.63) is 35.9 Å². The standard InChI is InChI=1S/C11H14O.C3H8/c1-3-11(9(2)12)10-7-5-4-6-8-10;1-3-2/h4-8,11H,3H2,1-2H3;3H2,1-2H3. The minimum absolute atomic E-state index is 0.0891. The largest absolute Gasteiger partial charge is 0.299 e. The SMILES string of the molecule is CCC.CCC(C(C)=O)c1ccccc1. The summed E-state index contributed by atoms with van der Waals surface area (Å²) in [7, 11) is 0. The van der Waals surface area contributed by atoms with E-state index in [9.17, 15) is 4.79 Å². The third-order valence-corrected chi connectivity index (χ3v) is 2.10. The minimum Gasteiger partial charge on any atom is -0.299 e. The van der Waals surface area contributed by atoms with Crippen molar-refractivity contribution in [1.29, 1.82) is 0 Å². The van der Waals surface area contributed by atoms with Crippen LogP contribution in [0.25, 0.3) is 0 Å². The Morgan fingerprint density at radius 1 is 1.13 bits per heavy atom. The molecule has 0 aromatic heterocycles. The first-order chi connectivity index (χ1) is 7.17. The summed E-state index contributed by atoms with van der Waals surface area (Å²) in [5.41, 5.74) is 1.13. The van der Waals surface area contributed by atoms with Crippen molar-refractivity contribution in [1.82, 2.24) is 0 Å². The van der Waals surface area contributed by atoms with Crippen LogP contribution in [-0.2, 0) is 4.79 Å². The van der Waals surface area contributed by atoms with E-state index >= 15 is 0 Å². The van der Waals surface area contributed by atoms with Crippen molar-refractivity contribution in [2.75, 3.05) is 0 Å². The van der Waals surface area contributed by atoms with Crippen molar-refractivity contribution in [2.24, 2.45) is 0 Å². The van der Waals surface area contributed by atoms with Crippen molar-refractivity contribution in [2.45, 2.75) is 46.5 Å². The molecule has 0 aliphatic heterocycles. The summed E-state index contributed by atoms with van der Waals surface area (Å²) in [6, 6.07) is 9.93. The Morgan fingerprint density at radius 2 is 1.60 bits per heavy atom. The molecule has 0 fully saturated rings. The van der Waals surface area contributed by atoms with Gasteiger partial charge in [-0.15, -0.1) is 0 Å². The van der Waals surface area contributed by atoms with Crippen LogP contribution >= 0.6 is 0 Å². The Kier molecular flexibility index (Phi) is 7.61. The Balaban J connectivity index is 0.000000583. The van der Waals surface area contributed by atoms with Crippen molar-refractivity contribution >= 4 is 5.78 Å². The highest BCUT2D eigenvalue weighted by Gasteiger charge is 2.12. The van der Waals surface area contributed by atoms with Gasteiger partial charge >= 0.3 is 0 Å². The summed E-state index contributed by atoms with van der Waals surface area (Å²) in [4.78, 5) is 11.2. The summed E-state index contributed by atoms with van der Waals surface area (Å²) < 4.78 is 0.